The molecule has 1 aliphatic rings. The first-order valence-electron chi connectivity index (χ1n) is 12.2. The van der Waals surface area contributed by atoms with Gasteiger partial charge < -0.3 is 19.4 Å². The van der Waals surface area contributed by atoms with Crippen molar-refractivity contribution in [2.75, 3.05) is 4.90 Å². The van der Waals surface area contributed by atoms with Gasteiger partial charge in [0.15, 0.2) is 5.11 Å². The van der Waals surface area contributed by atoms with E-state index in [9.17, 15) is 10.1 Å². The highest BCUT2D eigenvalue weighted by molar-refractivity contribution is 7.80. The number of anilines is 1. The van der Waals surface area contributed by atoms with Gasteiger partial charge in [-0.1, -0.05) is 36.4 Å². The van der Waals surface area contributed by atoms with Crippen LogP contribution in [0.3, 0.4) is 0 Å². The lowest BCUT2D eigenvalue weighted by atomic mass is 10.0. The van der Waals surface area contributed by atoms with Gasteiger partial charge in [0, 0.05) is 29.6 Å². The second kappa shape index (κ2) is 10.4. The van der Waals surface area contributed by atoms with Gasteiger partial charge in [0.05, 0.1) is 16.7 Å². The van der Waals surface area contributed by atoms with Gasteiger partial charge in [-0.25, -0.2) is 0 Å². The van der Waals surface area contributed by atoms with Crippen LogP contribution < -0.4 is 15.0 Å². The summed E-state index contributed by atoms with van der Waals surface area (Å²) in [7, 11) is 0. The summed E-state index contributed by atoms with van der Waals surface area (Å²) >= 11 is 5.80. The van der Waals surface area contributed by atoms with E-state index in [1.807, 2.05) is 89.8 Å². The zero-order chi connectivity index (χ0) is 26.8. The van der Waals surface area contributed by atoms with E-state index >= 15 is 0 Å². The number of ether oxygens (including phenoxy) is 1. The number of pyridine rings is 1. The van der Waals surface area contributed by atoms with Gasteiger partial charge in [-0.05, 0) is 72.9 Å². The minimum atomic E-state index is -0.420. The van der Waals surface area contributed by atoms with E-state index in [1.165, 1.54) is 12.1 Å². The number of aromatic nitrogens is 1. The third-order valence-electron chi connectivity index (χ3n) is 6.45. The summed E-state index contributed by atoms with van der Waals surface area (Å²) in [5, 5.41) is 15.2. The van der Waals surface area contributed by atoms with Crippen LogP contribution in [0.5, 0.6) is 11.5 Å². The molecule has 3 heterocycles. The van der Waals surface area contributed by atoms with Crippen molar-refractivity contribution < 1.29 is 14.1 Å². The highest BCUT2D eigenvalue weighted by atomic mass is 32.1. The van der Waals surface area contributed by atoms with Gasteiger partial charge in [0.25, 0.3) is 5.69 Å². The maximum atomic E-state index is 11.3. The summed E-state index contributed by atoms with van der Waals surface area (Å²) in [4.78, 5) is 17.4. The topological polar surface area (TPSA) is 93.7 Å². The number of thiocarbonyl (C=S) groups is 1. The fourth-order valence-corrected chi connectivity index (χ4v) is 5.01. The molecule has 1 aliphatic heterocycles. The Morgan fingerprint density at radius 1 is 0.897 bits per heavy atom. The first-order chi connectivity index (χ1) is 19.1. The predicted molar refractivity (Wildman–Crippen MR) is 152 cm³/mol. The zero-order valence-corrected chi connectivity index (χ0v) is 21.3. The molecule has 3 aromatic carbocycles. The summed E-state index contributed by atoms with van der Waals surface area (Å²) in [6, 6.07) is 32.4. The van der Waals surface area contributed by atoms with Crippen molar-refractivity contribution in [2.45, 2.75) is 12.1 Å². The Kier molecular flexibility index (Phi) is 6.48. The lowest BCUT2D eigenvalue weighted by Gasteiger charge is -2.26. The van der Waals surface area contributed by atoms with Crippen LogP contribution in [0, 0.1) is 10.1 Å². The fraction of sp³-hybridized carbons (Fsp3) is 0.0667. The van der Waals surface area contributed by atoms with Crippen molar-refractivity contribution in [3.8, 4) is 22.8 Å². The second-order valence-corrected chi connectivity index (χ2v) is 9.30. The molecule has 6 rings (SSSR count). The number of hydrogen-bond donors (Lipinski definition) is 1. The number of nitrogens with one attached hydrogen (secondary N) is 1. The SMILES string of the molecule is O=[N+]([O-])c1cccc(-c2ccc(C3C(c4ccccn4)NC(=S)N3c3ccc(Oc4ccccc4)cc3)o2)c1. The Labute approximate surface area is 229 Å². The van der Waals surface area contributed by atoms with Crippen molar-refractivity contribution in [2.24, 2.45) is 0 Å². The lowest BCUT2D eigenvalue weighted by molar-refractivity contribution is -0.384. The molecule has 1 fully saturated rings. The monoisotopic (exact) mass is 534 g/mol. The smallest absolute Gasteiger partial charge is 0.270 e. The lowest BCUT2D eigenvalue weighted by Crippen LogP contribution is -2.29. The number of benzene rings is 3. The molecule has 0 saturated carbocycles. The number of furan rings is 1. The molecule has 2 unspecified atom stereocenters. The number of non-ortho nitro benzene ring substituents is 1. The Morgan fingerprint density at radius 3 is 2.41 bits per heavy atom. The summed E-state index contributed by atoms with van der Waals surface area (Å²) in [6.07, 6.45) is 1.74. The first-order valence-corrected chi connectivity index (χ1v) is 12.7. The number of nitrogens with zero attached hydrogens (tertiary/aromatic N) is 3. The average molecular weight is 535 g/mol. The Balaban J connectivity index is 1.36. The molecule has 0 bridgehead atoms. The standard InChI is InChI=1S/C30H22N4O4S/c35-34(36)22-8-6-7-20(19-22)26-16-17-27(38-26)29-28(25-11-4-5-18-31-25)32-30(39)33(29)21-12-14-24(15-13-21)37-23-9-2-1-3-10-23/h1-19,28-29H,(H,32,39). The molecular weight excluding hydrogens is 512 g/mol. The minimum Gasteiger partial charge on any atom is -0.459 e. The summed E-state index contributed by atoms with van der Waals surface area (Å²) in [5.41, 5.74) is 2.28. The van der Waals surface area contributed by atoms with Crippen molar-refractivity contribution in [1.82, 2.24) is 10.3 Å². The molecule has 192 valence electrons. The predicted octanol–water partition coefficient (Wildman–Crippen LogP) is 7.22. The van der Waals surface area contributed by atoms with E-state index in [0.29, 0.717) is 27.9 Å². The number of rotatable bonds is 7. The molecule has 1 saturated heterocycles. The van der Waals surface area contributed by atoms with E-state index < -0.39 is 4.92 Å². The van der Waals surface area contributed by atoms with E-state index in [2.05, 4.69) is 10.3 Å². The Hall–Kier alpha value is -5.02. The van der Waals surface area contributed by atoms with Gasteiger partial charge in [-0.15, -0.1) is 0 Å². The third-order valence-corrected chi connectivity index (χ3v) is 6.77. The van der Waals surface area contributed by atoms with Crippen molar-refractivity contribution in [3.63, 3.8) is 0 Å². The largest absolute Gasteiger partial charge is 0.459 e. The van der Waals surface area contributed by atoms with Crippen molar-refractivity contribution in [3.05, 3.63) is 137 Å². The molecule has 8 nitrogen and oxygen atoms in total. The maximum Gasteiger partial charge on any atom is 0.270 e. The molecule has 9 heteroatoms. The van der Waals surface area contributed by atoms with Crippen LogP contribution in [0.25, 0.3) is 11.3 Å². The highest BCUT2D eigenvalue weighted by Crippen LogP contribution is 2.43. The minimum absolute atomic E-state index is 0.0000362. The molecule has 0 amide bonds. The van der Waals surface area contributed by atoms with Crippen molar-refractivity contribution in [1.29, 1.82) is 0 Å². The van der Waals surface area contributed by atoms with Crippen LogP contribution in [-0.4, -0.2) is 15.0 Å². The van der Waals surface area contributed by atoms with Crippen LogP contribution in [0.4, 0.5) is 11.4 Å². The molecule has 5 aromatic rings. The zero-order valence-electron chi connectivity index (χ0n) is 20.5. The van der Waals surface area contributed by atoms with Crippen LogP contribution >= 0.6 is 12.2 Å². The normalized spacial score (nSPS) is 16.6. The molecule has 2 aromatic heterocycles. The van der Waals surface area contributed by atoms with Gasteiger partial charge >= 0.3 is 0 Å². The first kappa shape index (κ1) is 24.3. The quantitative estimate of drug-likeness (QED) is 0.133. The number of para-hydroxylation sites is 1. The third kappa shape index (κ3) is 4.95. The van der Waals surface area contributed by atoms with Crippen LogP contribution in [0.15, 0.2) is 120 Å². The van der Waals surface area contributed by atoms with Crippen LogP contribution in [-0.2, 0) is 0 Å². The van der Waals surface area contributed by atoms with Crippen LogP contribution in [0.2, 0.25) is 0 Å². The fourth-order valence-electron chi connectivity index (χ4n) is 4.66. The highest BCUT2D eigenvalue weighted by Gasteiger charge is 2.42. The van der Waals surface area contributed by atoms with E-state index in [1.54, 1.807) is 18.3 Å². The van der Waals surface area contributed by atoms with Gasteiger partial charge in [0.2, 0.25) is 0 Å². The summed E-state index contributed by atoms with van der Waals surface area (Å²) in [6.45, 7) is 0. The van der Waals surface area contributed by atoms with E-state index in [0.717, 1.165) is 17.1 Å². The molecular formula is C30H22N4O4S. The number of hydrogen-bond acceptors (Lipinski definition) is 6. The average Bonchev–Trinajstić information content (AvgIpc) is 3.59. The van der Waals surface area contributed by atoms with E-state index in [-0.39, 0.29) is 17.8 Å². The molecule has 0 radical (unpaired) electrons. The number of nitro groups is 1. The summed E-state index contributed by atoms with van der Waals surface area (Å²) < 4.78 is 12.3. The molecule has 39 heavy (non-hydrogen) atoms. The summed E-state index contributed by atoms with van der Waals surface area (Å²) in [5.74, 6) is 2.62. The van der Waals surface area contributed by atoms with Crippen LogP contribution in [0.1, 0.15) is 23.5 Å². The van der Waals surface area contributed by atoms with Gasteiger partial charge in [0.1, 0.15) is 29.1 Å². The van der Waals surface area contributed by atoms with Gasteiger partial charge in [-0.3, -0.25) is 15.1 Å². The van der Waals surface area contributed by atoms with Crippen molar-refractivity contribution >= 4 is 28.7 Å². The molecule has 1 N–H and O–H groups in total. The Morgan fingerprint density at radius 2 is 1.67 bits per heavy atom. The Bertz CT molecular complexity index is 1620. The molecule has 2 atom stereocenters. The van der Waals surface area contributed by atoms with Gasteiger partial charge in [-0.2, -0.15) is 0 Å². The molecule has 0 aliphatic carbocycles. The molecule has 0 spiro atoms. The second-order valence-electron chi connectivity index (χ2n) is 8.92. The number of nitro benzene ring substituents is 1. The maximum absolute atomic E-state index is 11.3. The van der Waals surface area contributed by atoms with E-state index in [4.69, 9.17) is 21.4 Å².